The minimum Gasteiger partial charge on any atom is -0.461 e. The van der Waals surface area contributed by atoms with Gasteiger partial charge in [-0.1, -0.05) is 169 Å². The van der Waals surface area contributed by atoms with Gasteiger partial charge in [0, 0.05) is 12.8 Å². The Balaban J connectivity index is 3.77. The molecule has 0 unspecified atom stereocenters. The second kappa shape index (κ2) is 33.9. The molecular formula is C48H90O4. The summed E-state index contributed by atoms with van der Waals surface area (Å²) in [5.41, 5.74) is 2.64. The second-order valence-corrected chi connectivity index (χ2v) is 18.1. The Bertz CT molecular complexity index is 841. The van der Waals surface area contributed by atoms with Crippen LogP contribution in [0.1, 0.15) is 223 Å². The molecule has 4 nitrogen and oxygen atoms in total. The standard InChI is InChI=1S/C48H90O4/c1-39(2)21-15-23-41(5)25-17-27-43(7)29-19-31-45(9)35-37-51-47(49)33-13-11-12-14-34-48(50)52-38-36-46(10)32-20-30-44(8)28-18-26-42(6)24-16-22-40(3)4/h35-36,39-44H,11-34,37-38H2,1-10H3/t41-,42-,43-,44-/m1/s1. The van der Waals surface area contributed by atoms with Crippen LogP contribution in [0.3, 0.4) is 0 Å². The number of carbonyl (C=O) groups is 2. The molecule has 0 saturated heterocycles. The van der Waals surface area contributed by atoms with Crippen LogP contribution in [0.15, 0.2) is 23.3 Å². The topological polar surface area (TPSA) is 52.6 Å². The van der Waals surface area contributed by atoms with Crippen LogP contribution in [-0.4, -0.2) is 25.2 Å². The molecule has 0 fully saturated rings. The van der Waals surface area contributed by atoms with Gasteiger partial charge in [0.05, 0.1) is 0 Å². The lowest BCUT2D eigenvalue weighted by molar-refractivity contribution is -0.143. The first-order valence-electron chi connectivity index (χ1n) is 22.4. The van der Waals surface area contributed by atoms with E-state index in [9.17, 15) is 9.59 Å². The van der Waals surface area contributed by atoms with E-state index in [1.807, 2.05) is 0 Å². The number of allylic oxidation sites excluding steroid dienone is 2. The molecule has 0 heterocycles. The lowest BCUT2D eigenvalue weighted by Gasteiger charge is -2.15. The van der Waals surface area contributed by atoms with Gasteiger partial charge in [0.2, 0.25) is 0 Å². The van der Waals surface area contributed by atoms with Crippen molar-refractivity contribution in [2.24, 2.45) is 35.5 Å². The van der Waals surface area contributed by atoms with Gasteiger partial charge in [-0.15, -0.1) is 0 Å². The highest BCUT2D eigenvalue weighted by atomic mass is 16.5. The summed E-state index contributed by atoms with van der Waals surface area (Å²) in [6.45, 7) is 24.0. The molecule has 0 spiro atoms. The van der Waals surface area contributed by atoms with Crippen molar-refractivity contribution in [1.29, 1.82) is 0 Å². The average molecular weight is 731 g/mol. The van der Waals surface area contributed by atoms with Crippen LogP contribution in [0.5, 0.6) is 0 Å². The fourth-order valence-corrected chi connectivity index (χ4v) is 7.21. The van der Waals surface area contributed by atoms with E-state index in [1.165, 1.54) is 114 Å². The van der Waals surface area contributed by atoms with Crippen molar-refractivity contribution in [2.75, 3.05) is 13.2 Å². The van der Waals surface area contributed by atoms with Crippen molar-refractivity contribution in [3.05, 3.63) is 23.3 Å². The van der Waals surface area contributed by atoms with Gasteiger partial charge in [0.25, 0.3) is 0 Å². The molecule has 0 aliphatic rings. The maximum Gasteiger partial charge on any atom is 0.306 e. The number of rotatable bonds is 35. The van der Waals surface area contributed by atoms with E-state index in [0.717, 1.165) is 74.0 Å². The van der Waals surface area contributed by atoms with Crippen LogP contribution >= 0.6 is 0 Å². The van der Waals surface area contributed by atoms with Gasteiger partial charge < -0.3 is 9.47 Å². The SMILES string of the molecule is CC(=CCOC(=O)CCCCCCC(=O)OCC=C(C)CCC[C@H](C)CCC[C@H](C)CCCC(C)C)CCC[C@H](C)CCC[C@H](C)CCCC(C)C. The molecular weight excluding hydrogens is 641 g/mol. The third-order valence-electron chi connectivity index (χ3n) is 11.1. The van der Waals surface area contributed by atoms with Gasteiger partial charge in [-0.05, 0) is 100 Å². The maximum atomic E-state index is 12.2. The average Bonchev–Trinajstić information content (AvgIpc) is 3.06. The molecule has 0 rings (SSSR count). The van der Waals surface area contributed by atoms with Gasteiger partial charge in [-0.3, -0.25) is 9.59 Å². The Kier molecular flexibility index (Phi) is 32.9. The van der Waals surface area contributed by atoms with Gasteiger partial charge in [0.15, 0.2) is 0 Å². The first-order valence-corrected chi connectivity index (χ1v) is 22.4. The molecule has 52 heavy (non-hydrogen) atoms. The Morgan fingerprint density at radius 2 is 0.673 bits per heavy atom. The van der Waals surface area contributed by atoms with Crippen molar-refractivity contribution >= 4 is 11.9 Å². The maximum absolute atomic E-state index is 12.2. The van der Waals surface area contributed by atoms with E-state index in [0.29, 0.717) is 26.1 Å². The Labute approximate surface area is 325 Å². The smallest absolute Gasteiger partial charge is 0.306 e. The van der Waals surface area contributed by atoms with E-state index in [4.69, 9.17) is 9.47 Å². The summed E-state index contributed by atoms with van der Waals surface area (Å²) in [4.78, 5) is 24.3. The van der Waals surface area contributed by atoms with Crippen LogP contribution in [0.2, 0.25) is 0 Å². The molecule has 0 aliphatic heterocycles. The van der Waals surface area contributed by atoms with Gasteiger partial charge in [0.1, 0.15) is 13.2 Å². The number of esters is 2. The Hall–Kier alpha value is -1.58. The number of carbonyl (C=O) groups excluding carboxylic acids is 2. The molecule has 0 aromatic rings. The third kappa shape index (κ3) is 35.4. The van der Waals surface area contributed by atoms with Crippen LogP contribution in [0.4, 0.5) is 0 Å². The largest absolute Gasteiger partial charge is 0.461 e. The van der Waals surface area contributed by atoms with E-state index in [1.54, 1.807) is 0 Å². The molecule has 0 radical (unpaired) electrons. The summed E-state index contributed by atoms with van der Waals surface area (Å²) in [6, 6.07) is 0. The number of hydrogen-bond acceptors (Lipinski definition) is 4. The van der Waals surface area contributed by atoms with Crippen molar-refractivity contribution in [2.45, 2.75) is 223 Å². The van der Waals surface area contributed by atoms with Crippen LogP contribution in [-0.2, 0) is 19.1 Å². The predicted molar refractivity (Wildman–Crippen MR) is 227 cm³/mol. The lowest BCUT2D eigenvalue weighted by Crippen LogP contribution is -2.05. The Morgan fingerprint density at radius 3 is 0.981 bits per heavy atom. The molecule has 4 atom stereocenters. The fourth-order valence-electron chi connectivity index (χ4n) is 7.21. The molecule has 0 bridgehead atoms. The van der Waals surface area contributed by atoms with Gasteiger partial charge in [-0.25, -0.2) is 0 Å². The molecule has 0 N–H and O–H groups in total. The van der Waals surface area contributed by atoms with Crippen LogP contribution in [0.25, 0.3) is 0 Å². The summed E-state index contributed by atoms with van der Waals surface area (Å²) >= 11 is 0. The zero-order valence-electron chi connectivity index (χ0n) is 36.6. The summed E-state index contributed by atoms with van der Waals surface area (Å²) < 4.78 is 10.9. The molecule has 4 heteroatoms. The normalized spacial score (nSPS) is 14.8. The summed E-state index contributed by atoms with van der Waals surface area (Å²) in [5, 5.41) is 0. The Morgan fingerprint density at radius 1 is 0.385 bits per heavy atom. The number of unbranched alkanes of at least 4 members (excludes halogenated alkanes) is 3. The quantitative estimate of drug-likeness (QED) is 0.0370. The summed E-state index contributed by atoms with van der Waals surface area (Å²) in [7, 11) is 0. The van der Waals surface area contributed by atoms with Crippen molar-refractivity contribution < 1.29 is 19.1 Å². The van der Waals surface area contributed by atoms with E-state index in [-0.39, 0.29) is 11.9 Å². The highest BCUT2D eigenvalue weighted by molar-refractivity contribution is 5.69. The molecule has 0 amide bonds. The van der Waals surface area contributed by atoms with Gasteiger partial charge in [-0.2, -0.15) is 0 Å². The molecule has 0 aromatic carbocycles. The first-order chi connectivity index (χ1) is 24.8. The van der Waals surface area contributed by atoms with E-state index < -0.39 is 0 Å². The predicted octanol–water partition coefficient (Wildman–Crippen LogP) is 15.2. The molecule has 0 aliphatic carbocycles. The van der Waals surface area contributed by atoms with Crippen molar-refractivity contribution in [3.8, 4) is 0 Å². The van der Waals surface area contributed by atoms with E-state index >= 15 is 0 Å². The zero-order valence-corrected chi connectivity index (χ0v) is 36.6. The fraction of sp³-hybridized carbons (Fsp3) is 0.875. The highest BCUT2D eigenvalue weighted by Gasteiger charge is 2.09. The number of ether oxygens (including phenoxy) is 2. The molecule has 0 aromatic heterocycles. The minimum atomic E-state index is -0.121. The number of hydrogen-bond donors (Lipinski definition) is 0. The summed E-state index contributed by atoms with van der Waals surface area (Å²) in [5.74, 6) is 4.73. The second-order valence-electron chi connectivity index (χ2n) is 18.1. The zero-order chi connectivity index (χ0) is 39.0. The van der Waals surface area contributed by atoms with Crippen LogP contribution < -0.4 is 0 Å². The lowest BCUT2D eigenvalue weighted by atomic mass is 9.91. The highest BCUT2D eigenvalue weighted by Crippen LogP contribution is 2.23. The third-order valence-corrected chi connectivity index (χ3v) is 11.1. The molecule has 306 valence electrons. The molecule has 0 saturated carbocycles. The summed E-state index contributed by atoms with van der Waals surface area (Å²) in [6.07, 6.45) is 32.1. The van der Waals surface area contributed by atoms with Crippen LogP contribution in [0, 0.1) is 35.5 Å². The monoisotopic (exact) mass is 731 g/mol. The van der Waals surface area contributed by atoms with Crippen molar-refractivity contribution in [1.82, 2.24) is 0 Å². The minimum absolute atomic E-state index is 0.121. The first kappa shape index (κ1) is 50.4. The van der Waals surface area contributed by atoms with E-state index in [2.05, 4.69) is 81.4 Å². The van der Waals surface area contributed by atoms with Crippen molar-refractivity contribution in [3.63, 3.8) is 0 Å². The van der Waals surface area contributed by atoms with Gasteiger partial charge >= 0.3 is 11.9 Å².